The van der Waals surface area contributed by atoms with Gasteiger partial charge in [-0.15, -0.1) is 0 Å². The number of aliphatic hydroxyl groups excluding tert-OH is 4. The van der Waals surface area contributed by atoms with Crippen LogP contribution >= 0.6 is 11.6 Å². The van der Waals surface area contributed by atoms with E-state index in [4.69, 9.17) is 26.2 Å². The zero-order chi connectivity index (χ0) is 14.8. The molecule has 0 radical (unpaired) electrons. The Balaban J connectivity index is 2.19. The first-order valence-electron chi connectivity index (χ1n) is 6.19. The monoisotopic (exact) mass is 304 g/mol. The van der Waals surface area contributed by atoms with Gasteiger partial charge < -0.3 is 29.9 Å². The quantitative estimate of drug-likeness (QED) is 0.561. The first kappa shape index (κ1) is 15.7. The standard InChI is InChI=1S/C13H17ClO6/c14-13(8-4-2-1-3-5-8)19-7-10(17)12(20-13)11(18)9(16)6-15/h1-5,9-12,15-18H,6-7H2/t9-,10+,11-,12-,13?/m0/s1. The summed E-state index contributed by atoms with van der Waals surface area (Å²) in [6, 6.07) is 8.63. The molecule has 0 amide bonds. The van der Waals surface area contributed by atoms with Gasteiger partial charge in [0, 0.05) is 5.56 Å². The van der Waals surface area contributed by atoms with E-state index in [1.165, 1.54) is 0 Å². The Labute approximate surface area is 121 Å². The molecule has 0 aromatic heterocycles. The van der Waals surface area contributed by atoms with Crippen molar-refractivity contribution in [1.29, 1.82) is 0 Å². The number of ether oxygens (including phenoxy) is 2. The van der Waals surface area contributed by atoms with Crippen LogP contribution in [0.4, 0.5) is 0 Å². The number of halogens is 1. The average Bonchev–Trinajstić information content (AvgIpc) is 2.49. The molecule has 1 saturated heterocycles. The zero-order valence-electron chi connectivity index (χ0n) is 10.6. The lowest BCUT2D eigenvalue weighted by atomic mass is 10.0. The van der Waals surface area contributed by atoms with Gasteiger partial charge in [-0.1, -0.05) is 41.9 Å². The predicted octanol–water partition coefficient (Wildman–Crippen LogP) is -0.474. The average molecular weight is 305 g/mol. The Morgan fingerprint density at radius 3 is 2.55 bits per heavy atom. The first-order chi connectivity index (χ1) is 9.48. The summed E-state index contributed by atoms with van der Waals surface area (Å²) in [5.41, 5.74) is 0.504. The van der Waals surface area contributed by atoms with Crippen molar-refractivity contribution in [1.82, 2.24) is 0 Å². The van der Waals surface area contributed by atoms with Gasteiger partial charge in [-0.25, -0.2) is 0 Å². The van der Waals surface area contributed by atoms with E-state index in [0.29, 0.717) is 5.56 Å². The maximum absolute atomic E-state index is 9.88. The molecule has 1 unspecified atom stereocenters. The normalized spacial score (nSPS) is 33.6. The van der Waals surface area contributed by atoms with Crippen LogP contribution in [0.15, 0.2) is 30.3 Å². The summed E-state index contributed by atoms with van der Waals surface area (Å²) in [6.45, 7) is -0.826. The van der Waals surface area contributed by atoms with E-state index in [-0.39, 0.29) is 6.61 Å². The molecule has 0 spiro atoms. The highest BCUT2D eigenvalue weighted by atomic mass is 35.5. The third-order valence-electron chi connectivity index (χ3n) is 3.14. The van der Waals surface area contributed by atoms with E-state index in [1.807, 2.05) is 0 Å². The van der Waals surface area contributed by atoms with Crippen molar-refractivity contribution in [2.75, 3.05) is 13.2 Å². The lowest BCUT2D eigenvalue weighted by Crippen LogP contribution is -2.56. The van der Waals surface area contributed by atoms with Gasteiger partial charge in [0.1, 0.15) is 24.4 Å². The first-order valence-corrected chi connectivity index (χ1v) is 6.57. The van der Waals surface area contributed by atoms with E-state index >= 15 is 0 Å². The maximum Gasteiger partial charge on any atom is 0.276 e. The lowest BCUT2D eigenvalue weighted by molar-refractivity contribution is -0.308. The number of hydrogen-bond donors (Lipinski definition) is 4. The molecule has 20 heavy (non-hydrogen) atoms. The molecular formula is C13H17ClO6. The Morgan fingerprint density at radius 1 is 1.30 bits per heavy atom. The van der Waals surface area contributed by atoms with Gasteiger partial charge in [0.15, 0.2) is 0 Å². The number of hydrogen-bond acceptors (Lipinski definition) is 6. The lowest BCUT2D eigenvalue weighted by Gasteiger charge is -2.41. The van der Waals surface area contributed by atoms with Crippen LogP contribution in [0.3, 0.4) is 0 Å². The Morgan fingerprint density at radius 2 is 1.95 bits per heavy atom. The van der Waals surface area contributed by atoms with Crippen LogP contribution in [0.2, 0.25) is 0 Å². The third-order valence-corrected chi connectivity index (χ3v) is 3.56. The number of alkyl halides is 1. The van der Waals surface area contributed by atoms with Gasteiger partial charge in [0.25, 0.3) is 5.25 Å². The van der Waals surface area contributed by atoms with E-state index in [1.54, 1.807) is 30.3 Å². The second-order valence-electron chi connectivity index (χ2n) is 4.60. The fraction of sp³-hybridized carbons (Fsp3) is 0.538. The molecular weight excluding hydrogens is 288 g/mol. The summed E-state index contributed by atoms with van der Waals surface area (Å²) < 4.78 is 10.7. The summed E-state index contributed by atoms with van der Waals surface area (Å²) in [5, 5.41) is 36.4. The van der Waals surface area contributed by atoms with Crippen LogP contribution in [-0.2, 0) is 14.7 Å². The van der Waals surface area contributed by atoms with Crippen LogP contribution in [0.1, 0.15) is 5.56 Å². The number of benzene rings is 1. The molecule has 1 aliphatic heterocycles. The van der Waals surface area contributed by atoms with Crippen LogP contribution in [0.5, 0.6) is 0 Å². The maximum atomic E-state index is 9.88. The van der Waals surface area contributed by atoms with Crippen molar-refractivity contribution >= 4 is 11.6 Å². The molecule has 1 aromatic rings. The highest BCUT2D eigenvalue weighted by molar-refractivity contribution is 6.22. The van der Waals surface area contributed by atoms with Gasteiger partial charge >= 0.3 is 0 Å². The molecule has 5 atom stereocenters. The van der Waals surface area contributed by atoms with Crippen LogP contribution < -0.4 is 0 Å². The highest BCUT2D eigenvalue weighted by Gasteiger charge is 2.46. The molecule has 4 N–H and O–H groups in total. The molecule has 0 aliphatic carbocycles. The van der Waals surface area contributed by atoms with Gasteiger partial charge in [-0.2, -0.15) is 0 Å². The van der Waals surface area contributed by atoms with Crippen molar-refractivity contribution < 1.29 is 29.9 Å². The van der Waals surface area contributed by atoms with Crippen LogP contribution in [0, 0.1) is 0 Å². The summed E-state index contributed by atoms with van der Waals surface area (Å²) in [6.07, 6.45) is -5.27. The molecule has 6 nitrogen and oxygen atoms in total. The Hall–Kier alpha value is -0.730. The van der Waals surface area contributed by atoms with Gasteiger partial charge in [0.2, 0.25) is 0 Å². The van der Waals surface area contributed by atoms with E-state index in [9.17, 15) is 15.3 Å². The fourth-order valence-electron chi connectivity index (χ4n) is 1.99. The van der Waals surface area contributed by atoms with Crippen molar-refractivity contribution in [3.05, 3.63) is 35.9 Å². The van der Waals surface area contributed by atoms with Gasteiger partial charge in [0.05, 0.1) is 13.2 Å². The van der Waals surface area contributed by atoms with Gasteiger partial charge in [-0.05, 0) is 0 Å². The minimum atomic E-state index is -1.65. The molecule has 0 bridgehead atoms. The summed E-state index contributed by atoms with van der Waals surface area (Å²) in [7, 11) is 0. The minimum Gasteiger partial charge on any atom is -0.394 e. The van der Waals surface area contributed by atoms with Crippen LogP contribution in [0.25, 0.3) is 0 Å². The molecule has 7 heteroatoms. The Kier molecular flexibility index (Phi) is 4.98. The summed E-state index contributed by atoms with van der Waals surface area (Å²) in [4.78, 5) is 0. The number of rotatable bonds is 4. The van der Waals surface area contributed by atoms with Crippen molar-refractivity contribution in [3.63, 3.8) is 0 Å². The number of aliphatic hydroxyl groups is 4. The molecule has 0 saturated carbocycles. The molecule has 2 rings (SSSR count). The predicted molar refractivity (Wildman–Crippen MR) is 69.9 cm³/mol. The zero-order valence-corrected chi connectivity index (χ0v) is 11.3. The summed E-state index contributed by atoms with van der Waals surface area (Å²) >= 11 is 6.24. The highest BCUT2D eigenvalue weighted by Crippen LogP contribution is 2.38. The van der Waals surface area contributed by atoms with Crippen LogP contribution in [-0.4, -0.2) is 58.1 Å². The fourth-order valence-corrected chi connectivity index (χ4v) is 2.28. The second kappa shape index (κ2) is 6.36. The van der Waals surface area contributed by atoms with Gasteiger partial charge in [-0.3, -0.25) is 0 Å². The molecule has 1 heterocycles. The smallest absolute Gasteiger partial charge is 0.276 e. The SMILES string of the molecule is OC[C@H](O)[C@H](O)[C@H]1OC(Cl)(c2ccccc2)OC[C@H]1O. The summed E-state index contributed by atoms with van der Waals surface area (Å²) in [5.74, 6) is 0. The van der Waals surface area contributed by atoms with Crippen molar-refractivity contribution in [2.45, 2.75) is 29.7 Å². The minimum absolute atomic E-state index is 0.168. The second-order valence-corrected chi connectivity index (χ2v) is 5.10. The molecule has 1 aromatic carbocycles. The largest absolute Gasteiger partial charge is 0.394 e. The van der Waals surface area contributed by atoms with E-state index in [0.717, 1.165) is 0 Å². The van der Waals surface area contributed by atoms with E-state index in [2.05, 4.69) is 0 Å². The molecule has 1 aliphatic rings. The molecule has 1 fully saturated rings. The van der Waals surface area contributed by atoms with Crippen molar-refractivity contribution in [3.8, 4) is 0 Å². The topological polar surface area (TPSA) is 99.4 Å². The third kappa shape index (κ3) is 3.12. The Bertz CT molecular complexity index is 430. The van der Waals surface area contributed by atoms with E-state index < -0.39 is 36.3 Å². The molecule has 112 valence electrons. The van der Waals surface area contributed by atoms with Crippen molar-refractivity contribution in [2.24, 2.45) is 0 Å².